The van der Waals surface area contributed by atoms with Crippen molar-refractivity contribution >= 4 is 5.97 Å². The molecule has 0 aliphatic carbocycles. The van der Waals surface area contributed by atoms with Gasteiger partial charge in [0.15, 0.2) is 0 Å². The normalized spacial score (nSPS) is 19.9. The van der Waals surface area contributed by atoms with Gasteiger partial charge in [-0.2, -0.15) is 0 Å². The van der Waals surface area contributed by atoms with E-state index in [0.29, 0.717) is 5.92 Å². The number of aromatic nitrogens is 2. The molecule has 1 atom stereocenters. The van der Waals surface area contributed by atoms with E-state index in [1.165, 1.54) is 5.69 Å². The molecule has 0 saturated carbocycles. The highest BCUT2D eigenvalue weighted by Gasteiger charge is 2.20. The first-order valence-electron chi connectivity index (χ1n) is 5.39. The smallest absolute Gasteiger partial charge is 0.303 e. The van der Waals surface area contributed by atoms with Crippen molar-refractivity contribution in [3.8, 4) is 0 Å². The Morgan fingerprint density at radius 1 is 1.73 bits per heavy atom. The van der Waals surface area contributed by atoms with Gasteiger partial charge in [0.1, 0.15) is 0 Å². The number of carbonyl (C=O) groups is 1. The first kappa shape index (κ1) is 10.2. The minimum atomic E-state index is -0.689. The summed E-state index contributed by atoms with van der Waals surface area (Å²) in [5.41, 5.74) is 2.38. The Morgan fingerprint density at radius 3 is 3.27 bits per heavy atom. The maximum atomic E-state index is 10.5. The van der Waals surface area contributed by atoms with Crippen molar-refractivity contribution < 1.29 is 9.90 Å². The molecule has 0 fully saturated rings. The second-order valence-electron chi connectivity index (χ2n) is 4.26. The monoisotopic (exact) mass is 208 g/mol. The molecular formula is C11H16N2O2. The van der Waals surface area contributed by atoms with E-state index in [4.69, 9.17) is 5.11 Å². The molecule has 4 heteroatoms. The zero-order valence-electron chi connectivity index (χ0n) is 8.94. The van der Waals surface area contributed by atoms with Gasteiger partial charge in [-0.05, 0) is 32.1 Å². The Hall–Kier alpha value is -1.32. The van der Waals surface area contributed by atoms with Crippen molar-refractivity contribution in [2.75, 3.05) is 0 Å². The third-order valence-electron chi connectivity index (χ3n) is 3.18. The lowest BCUT2D eigenvalue weighted by Crippen LogP contribution is -2.19. The molecule has 0 saturated heterocycles. The Balaban J connectivity index is 1.99. The molecule has 0 aromatic carbocycles. The Kier molecular flexibility index (Phi) is 2.75. The van der Waals surface area contributed by atoms with Crippen LogP contribution in [-0.2, 0) is 17.8 Å². The highest BCUT2D eigenvalue weighted by atomic mass is 16.4. The van der Waals surface area contributed by atoms with Gasteiger partial charge in [0.2, 0.25) is 0 Å². The Morgan fingerprint density at radius 2 is 2.53 bits per heavy atom. The van der Waals surface area contributed by atoms with Crippen molar-refractivity contribution in [2.24, 2.45) is 5.92 Å². The van der Waals surface area contributed by atoms with E-state index >= 15 is 0 Å². The molecule has 0 bridgehead atoms. The molecule has 2 heterocycles. The summed E-state index contributed by atoms with van der Waals surface area (Å²) >= 11 is 0. The molecule has 1 unspecified atom stereocenters. The van der Waals surface area contributed by atoms with Gasteiger partial charge in [0.05, 0.1) is 12.0 Å². The van der Waals surface area contributed by atoms with Gasteiger partial charge in [-0.25, -0.2) is 4.98 Å². The maximum Gasteiger partial charge on any atom is 0.303 e. The third-order valence-corrected chi connectivity index (χ3v) is 3.18. The number of hydrogen-bond donors (Lipinski definition) is 1. The molecule has 1 aromatic rings. The van der Waals surface area contributed by atoms with Crippen molar-refractivity contribution in [3.63, 3.8) is 0 Å². The van der Waals surface area contributed by atoms with Crippen LogP contribution in [0.3, 0.4) is 0 Å². The zero-order valence-corrected chi connectivity index (χ0v) is 8.94. The van der Waals surface area contributed by atoms with Gasteiger partial charge in [-0.3, -0.25) is 4.79 Å². The van der Waals surface area contributed by atoms with Crippen LogP contribution in [0.2, 0.25) is 0 Å². The molecule has 0 radical (unpaired) electrons. The molecular weight excluding hydrogens is 192 g/mol. The molecule has 82 valence electrons. The summed E-state index contributed by atoms with van der Waals surface area (Å²) in [6, 6.07) is 0. The van der Waals surface area contributed by atoms with Gasteiger partial charge < -0.3 is 9.67 Å². The minimum absolute atomic E-state index is 0.290. The summed E-state index contributed by atoms with van der Waals surface area (Å²) < 4.78 is 2.19. The molecule has 2 rings (SSSR count). The van der Waals surface area contributed by atoms with E-state index in [1.807, 2.05) is 13.3 Å². The number of imidazole rings is 1. The van der Waals surface area contributed by atoms with E-state index in [2.05, 4.69) is 9.55 Å². The highest BCUT2D eigenvalue weighted by molar-refractivity contribution is 5.66. The predicted octanol–water partition coefficient (Wildman–Crippen LogP) is 1.62. The summed E-state index contributed by atoms with van der Waals surface area (Å²) in [5, 5.41) is 8.64. The summed E-state index contributed by atoms with van der Waals surface area (Å²) in [5.74, 6) is -0.171. The SMILES string of the molecule is Cc1ncn2c1CC(CCC(=O)O)CC2. The molecule has 15 heavy (non-hydrogen) atoms. The van der Waals surface area contributed by atoms with Crippen molar-refractivity contribution in [1.82, 2.24) is 9.55 Å². The van der Waals surface area contributed by atoms with Crippen LogP contribution in [0.15, 0.2) is 6.33 Å². The zero-order chi connectivity index (χ0) is 10.8. The van der Waals surface area contributed by atoms with Crippen molar-refractivity contribution in [3.05, 3.63) is 17.7 Å². The summed E-state index contributed by atoms with van der Waals surface area (Å²) in [6.07, 6.45) is 5.03. The van der Waals surface area contributed by atoms with Crippen LogP contribution in [0.1, 0.15) is 30.7 Å². The lowest BCUT2D eigenvalue weighted by molar-refractivity contribution is -0.137. The van der Waals surface area contributed by atoms with Crippen LogP contribution in [0.5, 0.6) is 0 Å². The first-order chi connectivity index (χ1) is 7.16. The Bertz CT molecular complexity index is 371. The fourth-order valence-corrected chi connectivity index (χ4v) is 2.24. The molecule has 1 aliphatic heterocycles. The number of rotatable bonds is 3. The number of hydrogen-bond acceptors (Lipinski definition) is 2. The van der Waals surface area contributed by atoms with Crippen LogP contribution in [0.25, 0.3) is 0 Å². The highest BCUT2D eigenvalue weighted by Crippen LogP contribution is 2.25. The second-order valence-corrected chi connectivity index (χ2v) is 4.26. The van der Waals surface area contributed by atoms with Crippen molar-refractivity contribution in [1.29, 1.82) is 0 Å². The van der Waals surface area contributed by atoms with E-state index < -0.39 is 5.97 Å². The third kappa shape index (κ3) is 2.19. The lowest BCUT2D eigenvalue weighted by Gasteiger charge is -2.23. The summed E-state index contributed by atoms with van der Waals surface area (Å²) in [4.78, 5) is 14.8. The summed E-state index contributed by atoms with van der Waals surface area (Å²) in [7, 11) is 0. The first-order valence-corrected chi connectivity index (χ1v) is 5.39. The average molecular weight is 208 g/mol. The molecule has 0 spiro atoms. The van der Waals surface area contributed by atoms with Gasteiger partial charge in [-0.1, -0.05) is 0 Å². The van der Waals surface area contributed by atoms with Gasteiger partial charge >= 0.3 is 5.97 Å². The topological polar surface area (TPSA) is 55.1 Å². The van der Waals surface area contributed by atoms with E-state index in [1.54, 1.807) is 0 Å². The maximum absolute atomic E-state index is 10.5. The fraction of sp³-hybridized carbons (Fsp3) is 0.636. The molecule has 0 amide bonds. The van der Waals surface area contributed by atoms with Gasteiger partial charge in [0, 0.05) is 18.7 Å². The quantitative estimate of drug-likeness (QED) is 0.821. The van der Waals surface area contributed by atoms with E-state index in [-0.39, 0.29) is 6.42 Å². The standard InChI is InChI=1S/C11H16N2O2/c1-8-10-6-9(2-3-11(14)15)4-5-13(10)7-12-8/h7,9H,2-6H2,1H3,(H,14,15). The number of aliphatic carboxylic acids is 1. The number of carboxylic acids is 1. The summed E-state index contributed by atoms with van der Waals surface area (Å²) in [6.45, 7) is 3.01. The van der Waals surface area contributed by atoms with Crippen LogP contribution >= 0.6 is 0 Å². The molecule has 4 nitrogen and oxygen atoms in total. The largest absolute Gasteiger partial charge is 0.481 e. The van der Waals surface area contributed by atoms with E-state index in [0.717, 1.165) is 31.5 Å². The van der Waals surface area contributed by atoms with Gasteiger partial charge in [0.25, 0.3) is 0 Å². The number of nitrogens with zero attached hydrogens (tertiary/aromatic N) is 2. The Labute approximate surface area is 88.9 Å². The van der Waals surface area contributed by atoms with Crippen molar-refractivity contribution in [2.45, 2.75) is 39.2 Å². The molecule has 1 N–H and O–H groups in total. The van der Waals surface area contributed by atoms with E-state index in [9.17, 15) is 4.79 Å². The second kappa shape index (κ2) is 4.04. The van der Waals surface area contributed by atoms with Crippen LogP contribution < -0.4 is 0 Å². The van der Waals surface area contributed by atoms with Gasteiger partial charge in [-0.15, -0.1) is 0 Å². The molecule has 1 aliphatic rings. The predicted molar refractivity (Wildman–Crippen MR) is 55.6 cm³/mol. The number of aryl methyl sites for hydroxylation is 2. The van der Waals surface area contributed by atoms with Crippen LogP contribution in [-0.4, -0.2) is 20.6 Å². The average Bonchev–Trinajstić information content (AvgIpc) is 2.57. The number of fused-ring (bicyclic) bond motifs is 1. The van der Waals surface area contributed by atoms with Crippen LogP contribution in [0.4, 0.5) is 0 Å². The fourth-order valence-electron chi connectivity index (χ4n) is 2.24. The minimum Gasteiger partial charge on any atom is -0.481 e. The van der Waals surface area contributed by atoms with Crippen LogP contribution in [0, 0.1) is 12.8 Å². The number of carboxylic acid groups (broad SMARTS) is 1. The molecule has 1 aromatic heterocycles. The lowest BCUT2D eigenvalue weighted by atomic mass is 9.91.